The van der Waals surface area contributed by atoms with Crippen LogP contribution in [0.25, 0.3) is 0 Å². The second kappa shape index (κ2) is 5.51. The van der Waals surface area contributed by atoms with E-state index in [2.05, 4.69) is 0 Å². The summed E-state index contributed by atoms with van der Waals surface area (Å²) >= 11 is 6.26. The summed E-state index contributed by atoms with van der Waals surface area (Å²) < 4.78 is 5.81. The number of hydrogen-bond acceptors (Lipinski definition) is 2. The molecule has 0 radical (unpaired) electrons. The Hall–Kier alpha value is -1.06. The molecule has 0 aromatic heterocycles. The van der Waals surface area contributed by atoms with Gasteiger partial charge in [-0.15, -0.1) is 11.6 Å². The van der Waals surface area contributed by atoms with Crippen molar-refractivity contribution in [1.82, 2.24) is 4.90 Å². The first-order valence-corrected chi connectivity index (χ1v) is 7.06. The number of halogens is 1. The number of likely N-dealkylation sites (tertiary alicyclic amines) is 1. The molecule has 0 N–H and O–H groups in total. The smallest absolute Gasteiger partial charge is 0.254 e. The van der Waals surface area contributed by atoms with Gasteiger partial charge in [0.05, 0.1) is 17.5 Å². The van der Waals surface area contributed by atoms with Gasteiger partial charge >= 0.3 is 0 Å². The van der Waals surface area contributed by atoms with Crippen molar-refractivity contribution in [3.8, 4) is 0 Å². The van der Waals surface area contributed by atoms with Crippen LogP contribution in [0.3, 0.4) is 0 Å². The van der Waals surface area contributed by atoms with Gasteiger partial charge in [0.1, 0.15) is 0 Å². The average Bonchev–Trinajstić information content (AvgIpc) is 2.40. The van der Waals surface area contributed by atoms with Gasteiger partial charge in [-0.3, -0.25) is 4.79 Å². The third-order valence-corrected chi connectivity index (χ3v) is 4.43. The van der Waals surface area contributed by atoms with Crippen molar-refractivity contribution in [3.63, 3.8) is 0 Å². The van der Waals surface area contributed by atoms with Crippen molar-refractivity contribution < 1.29 is 9.53 Å². The lowest BCUT2D eigenvalue weighted by molar-refractivity contribution is -0.193. The Morgan fingerprint density at radius 1 is 1.42 bits per heavy atom. The highest BCUT2D eigenvalue weighted by Gasteiger charge is 2.59. The zero-order valence-electron chi connectivity index (χ0n) is 11.6. The Morgan fingerprint density at radius 2 is 2.05 bits per heavy atom. The molecule has 1 saturated heterocycles. The van der Waals surface area contributed by atoms with Gasteiger partial charge in [-0.2, -0.15) is 0 Å². The van der Waals surface area contributed by atoms with E-state index in [-0.39, 0.29) is 11.3 Å². The lowest BCUT2D eigenvalue weighted by atomic mass is 9.79. The van der Waals surface area contributed by atoms with E-state index in [1.165, 1.54) is 0 Å². The number of alkyl halides is 1. The monoisotopic (exact) mass is 281 g/mol. The molecule has 0 aliphatic carbocycles. The third kappa shape index (κ3) is 2.37. The molecule has 19 heavy (non-hydrogen) atoms. The van der Waals surface area contributed by atoms with Crippen molar-refractivity contribution in [2.45, 2.75) is 44.4 Å². The van der Waals surface area contributed by atoms with Crippen LogP contribution in [0.15, 0.2) is 30.3 Å². The average molecular weight is 282 g/mol. The fourth-order valence-corrected chi connectivity index (χ4v) is 2.85. The summed E-state index contributed by atoms with van der Waals surface area (Å²) in [5.41, 5.74) is 0.650. The van der Waals surface area contributed by atoms with Crippen LogP contribution in [-0.4, -0.2) is 34.4 Å². The quantitative estimate of drug-likeness (QED) is 0.613. The number of carbonyl (C=O) groups excluding carboxylic acids is 1. The summed E-state index contributed by atoms with van der Waals surface area (Å²) in [7, 11) is 0. The Kier molecular flexibility index (Phi) is 4.16. The maximum Gasteiger partial charge on any atom is 0.254 e. The van der Waals surface area contributed by atoms with Gasteiger partial charge in [0.25, 0.3) is 5.91 Å². The number of ether oxygens (including phenoxy) is 1. The number of hydrogen-bond donors (Lipinski definition) is 0. The van der Waals surface area contributed by atoms with E-state index in [9.17, 15) is 4.79 Å². The van der Waals surface area contributed by atoms with Gasteiger partial charge in [-0.25, -0.2) is 0 Å². The summed E-state index contributed by atoms with van der Waals surface area (Å²) in [6.45, 7) is 6.97. The van der Waals surface area contributed by atoms with Crippen molar-refractivity contribution in [3.05, 3.63) is 35.9 Å². The highest BCUT2D eigenvalue weighted by atomic mass is 35.5. The zero-order valence-corrected chi connectivity index (χ0v) is 12.4. The summed E-state index contributed by atoms with van der Waals surface area (Å²) in [6, 6.07) is 9.86. The minimum absolute atomic E-state index is 0.0356. The molecular weight excluding hydrogens is 262 g/mol. The molecular formula is C15H20ClNO2. The fraction of sp³-hybridized carbons (Fsp3) is 0.533. The van der Waals surface area contributed by atoms with Gasteiger partial charge in [-0.05, 0) is 26.3 Å². The summed E-state index contributed by atoms with van der Waals surface area (Å²) in [5.74, 6) is 0.0356. The molecule has 0 bridgehead atoms. The molecule has 3 atom stereocenters. The molecule has 1 heterocycles. The highest BCUT2D eigenvalue weighted by molar-refractivity contribution is 6.22. The Balaban J connectivity index is 2.05. The van der Waals surface area contributed by atoms with Crippen molar-refractivity contribution in [2.75, 3.05) is 6.54 Å². The predicted molar refractivity (Wildman–Crippen MR) is 76.1 cm³/mol. The van der Waals surface area contributed by atoms with Crippen LogP contribution < -0.4 is 0 Å². The van der Waals surface area contributed by atoms with E-state index in [0.29, 0.717) is 13.2 Å². The topological polar surface area (TPSA) is 29.5 Å². The third-order valence-electron chi connectivity index (χ3n) is 3.98. The molecule has 1 amide bonds. The second-order valence-corrected chi connectivity index (χ2v) is 5.76. The first-order chi connectivity index (χ1) is 9.01. The second-order valence-electron chi connectivity index (χ2n) is 5.10. The van der Waals surface area contributed by atoms with Crippen molar-refractivity contribution in [1.29, 1.82) is 0 Å². The van der Waals surface area contributed by atoms with Crippen LogP contribution in [0.4, 0.5) is 0 Å². The van der Waals surface area contributed by atoms with Gasteiger partial charge in [-0.1, -0.05) is 30.3 Å². The number of benzene rings is 1. The summed E-state index contributed by atoms with van der Waals surface area (Å²) in [4.78, 5) is 13.9. The van der Waals surface area contributed by atoms with Crippen LogP contribution in [0.2, 0.25) is 0 Å². The summed E-state index contributed by atoms with van der Waals surface area (Å²) in [6.07, 6.45) is -0.444. The van der Waals surface area contributed by atoms with E-state index in [1.807, 2.05) is 51.1 Å². The van der Waals surface area contributed by atoms with E-state index in [0.717, 1.165) is 5.56 Å². The van der Waals surface area contributed by atoms with Crippen LogP contribution in [0.5, 0.6) is 0 Å². The molecule has 0 spiro atoms. The molecule has 2 rings (SSSR count). The highest BCUT2D eigenvalue weighted by Crippen LogP contribution is 2.39. The first kappa shape index (κ1) is 14.4. The van der Waals surface area contributed by atoms with Crippen molar-refractivity contribution in [2.24, 2.45) is 0 Å². The largest absolute Gasteiger partial charge is 0.361 e. The maximum atomic E-state index is 12.1. The normalized spacial score (nSPS) is 28.1. The molecule has 1 aliphatic heterocycles. The van der Waals surface area contributed by atoms with Gasteiger partial charge in [0, 0.05) is 6.54 Å². The minimum atomic E-state index is -0.444. The number of amides is 1. The Morgan fingerprint density at radius 3 is 2.58 bits per heavy atom. The van der Waals surface area contributed by atoms with Crippen molar-refractivity contribution >= 4 is 17.5 Å². The molecule has 1 aromatic carbocycles. The standard InChI is InChI=1S/C15H20ClNO2/c1-4-17-14(18)13(15(17,3)11(2)16)19-10-12-8-6-5-7-9-12/h5-9,11,13H,4,10H2,1-3H3/t11-,13+,15+/m1/s1. The van der Waals surface area contributed by atoms with Crippen LogP contribution in [0.1, 0.15) is 26.3 Å². The zero-order chi connectivity index (χ0) is 14.0. The van der Waals surface area contributed by atoms with E-state index in [4.69, 9.17) is 16.3 Å². The minimum Gasteiger partial charge on any atom is -0.361 e. The van der Waals surface area contributed by atoms with Crippen LogP contribution in [0, 0.1) is 0 Å². The van der Waals surface area contributed by atoms with E-state index in [1.54, 1.807) is 4.90 Å². The molecule has 3 nitrogen and oxygen atoms in total. The lowest BCUT2D eigenvalue weighted by Gasteiger charge is -2.56. The number of rotatable bonds is 5. The van der Waals surface area contributed by atoms with E-state index < -0.39 is 11.6 Å². The Bertz CT molecular complexity index is 449. The van der Waals surface area contributed by atoms with Gasteiger partial charge in [0.2, 0.25) is 0 Å². The van der Waals surface area contributed by atoms with E-state index >= 15 is 0 Å². The maximum absolute atomic E-state index is 12.1. The molecule has 1 aromatic rings. The molecule has 0 saturated carbocycles. The first-order valence-electron chi connectivity index (χ1n) is 6.62. The Labute approximate surface area is 119 Å². The number of likely N-dealkylation sites (N-methyl/N-ethyl adjacent to an activating group) is 1. The number of β-lactam (4-membered cyclic amide) rings is 1. The molecule has 0 unspecified atom stereocenters. The summed E-state index contributed by atoms with van der Waals surface area (Å²) in [5, 5.41) is -0.147. The van der Waals surface area contributed by atoms with Crippen LogP contribution in [-0.2, 0) is 16.1 Å². The SMILES string of the molecule is CCN1C(=O)[C@H](OCc2ccccc2)[C@]1(C)[C@@H](C)Cl. The number of carbonyl (C=O) groups is 1. The lowest BCUT2D eigenvalue weighted by Crippen LogP contribution is -2.76. The van der Waals surface area contributed by atoms with Crippen LogP contribution >= 0.6 is 11.6 Å². The van der Waals surface area contributed by atoms with Gasteiger partial charge < -0.3 is 9.64 Å². The number of nitrogens with zero attached hydrogens (tertiary/aromatic N) is 1. The predicted octanol–water partition coefficient (Wildman–Crippen LogP) is 2.82. The fourth-order valence-electron chi connectivity index (χ4n) is 2.62. The van der Waals surface area contributed by atoms with Gasteiger partial charge in [0.15, 0.2) is 6.10 Å². The molecule has 1 aliphatic rings. The molecule has 4 heteroatoms. The molecule has 1 fully saturated rings. The molecule has 104 valence electrons.